The number of carbonyl (C=O) groups is 1. The minimum Gasteiger partial charge on any atom is -0.393 e. The van der Waals surface area contributed by atoms with Gasteiger partial charge >= 0.3 is 0 Å². The molecule has 4 aliphatic rings. The van der Waals surface area contributed by atoms with E-state index in [0.29, 0.717) is 35.9 Å². The van der Waals surface area contributed by atoms with Crippen LogP contribution in [0.2, 0.25) is 0 Å². The molecule has 4 fully saturated rings. The number of rotatable bonds is 0. The van der Waals surface area contributed by atoms with E-state index in [1.165, 1.54) is 6.42 Å². The highest BCUT2D eigenvalue weighted by atomic mass is 16.3. The Morgan fingerprint density at radius 2 is 1.86 bits per heavy atom. The number of Topliss-reactive ketones (excluding diaryl/α,β-unsaturated/α-hetero) is 1. The van der Waals surface area contributed by atoms with E-state index >= 15 is 0 Å². The van der Waals surface area contributed by atoms with Crippen LogP contribution in [0.25, 0.3) is 0 Å². The lowest BCUT2D eigenvalue weighted by Crippen LogP contribution is -2.59. The lowest BCUT2D eigenvalue weighted by atomic mass is 9.44. The van der Waals surface area contributed by atoms with Gasteiger partial charge in [-0.25, -0.2) is 0 Å². The van der Waals surface area contributed by atoms with E-state index < -0.39 is 0 Å². The zero-order chi connectivity index (χ0) is 15.7. The third-order valence-electron chi connectivity index (χ3n) is 8.28. The minimum absolute atomic E-state index is 0.145. The SMILES string of the molecule is C[C@]12CC[C@H](O)C[C@@H]1CC[C@@H]1[C@@H]2[C@H](O)C[C@]2(C)C(=O)CC[C@@H]12. The molecule has 4 saturated carbocycles. The summed E-state index contributed by atoms with van der Waals surface area (Å²) in [5, 5.41) is 21.0. The van der Waals surface area contributed by atoms with Gasteiger partial charge in [0.25, 0.3) is 0 Å². The van der Waals surface area contributed by atoms with E-state index in [0.717, 1.165) is 38.5 Å². The Hall–Kier alpha value is -0.410. The summed E-state index contributed by atoms with van der Waals surface area (Å²) in [7, 11) is 0. The molecule has 22 heavy (non-hydrogen) atoms. The first-order valence-electron chi connectivity index (χ1n) is 9.25. The molecule has 0 aromatic heterocycles. The zero-order valence-corrected chi connectivity index (χ0v) is 13.9. The molecule has 2 N–H and O–H groups in total. The summed E-state index contributed by atoms with van der Waals surface area (Å²) in [4.78, 5) is 12.4. The first kappa shape index (κ1) is 15.1. The fourth-order valence-electron chi connectivity index (χ4n) is 7.13. The predicted octanol–water partition coefficient (Wildman–Crippen LogP) is 2.93. The standard InChI is InChI=1S/C19H30O3/c1-18-8-7-12(20)9-11(18)3-4-13-14-5-6-16(22)19(14,2)10-15(21)17(13)18/h11-15,17,20-21H,3-10H2,1-2H3/t11-,12-,13-,14-,15+,17+,18-,19-/m0/s1. The maximum Gasteiger partial charge on any atom is 0.139 e. The molecule has 0 aromatic rings. The highest BCUT2D eigenvalue weighted by Crippen LogP contribution is 2.65. The summed E-state index contributed by atoms with van der Waals surface area (Å²) in [6.45, 7) is 4.48. The van der Waals surface area contributed by atoms with Crippen LogP contribution >= 0.6 is 0 Å². The first-order valence-corrected chi connectivity index (χ1v) is 9.25. The summed E-state index contributed by atoms with van der Waals surface area (Å²) in [5.74, 6) is 2.27. The molecule has 0 aliphatic heterocycles. The van der Waals surface area contributed by atoms with Crippen molar-refractivity contribution >= 4 is 5.78 Å². The third-order valence-corrected chi connectivity index (χ3v) is 8.28. The van der Waals surface area contributed by atoms with Crippen molar-refractivity contribution in [3.63, 3.8) is 0 Å². The monoisotopic (exact) mass is 306 g/mol. The fourth-order valence-corrected chi connectivity index (χ4v) is 7.13. The largest absolute Gasteiger partial charge is 0.393 e. The van der Waals surface area contributed by atoms with Crippen molar-refractivity contribution in [2.24, 2.45) is 34.5 Å². The summed E-state index contributed by atoms with van der Waals surface area (Å²) in [6, 6.07) is 0. The molecule has 3 nitrogen and oxygen atoms in total. The van der Waals surface area contributed by atoms with Crippen molar-refractivity contribution in [1.29, 1.82) is 0 Å². The van der Waals surface area contributed by atoms with Gasteiger partial charge in [-0.2, -0.15) is 0 Å². The fraction of sp³-hybridized carbons (Fsp3) is 0.947. The highest BCUT2D eigenvalue weighted by Gasteiger charge is 2.63. The molecule has 0 amide bonds. The van der Waals surface area contributed by atoms with Gasteiger partial charge in [0.2, 0.25) is 0 Å². The van der Waals surface area contributed by atoms with E-state index in [1.807, 2.05) is 0 Å². The maximum absolute atomic E-state index is 12.4. The third kappa shape index (κ3) is 1.84. The second-order valence-corrected chi connectivity index (χ2v) is 9.16. The number of fused-ring (bicyclic) bond motifs is 5. The van der Waals surface area contributed by atoms with Gasteiger partial charge in [-0.15, -0.1) is 0 Å². The molecule has 124 valence electrons. The summed E-state index contributed by atoms with van der Waals surface area (Å²) >= 11 is 0. The van der Waals surface area contributed by atoms with E-state index in [-0.39, 0.29) is 23.0 Å². The second kappa shape index (κ2) is 4.80. The molecule has 0 radical (unpaired) electrons. The molecule has 0 spiro atoms. The molecule has 4 aliphatic carbocycles. The van der Waals surface area contributed by atoms with Crippen LogP contribution in [0.5, 0.6) is 0 Å². The van der Waals surface area contributed by atoms with Crippen molar-refractivity contribution < 1.29 is 15.0 Å². The van der Waals surface area contributed by atoms with Gasteiger partial charge in [-0.1, -0.05) is 13.8 Å². The molecule has 8 atom stereocenters. The maximum atomic E-state index is 12.4. The quantitative estimate of drug-likeness (QED) is 0.723. The van der Waals surface area contributed by atoms with Gasteiger partial charge < -0.3 is 10.2 Å². The molecule has 0 bridgehead atoms. The lowest BCUT2D eigenvalue weighted by molar-refractivity contribution is -0.175. The van der Waals surface area contributed by atoms with E-state index in [9.17, 15) is 15.0 Å². The van der Waals surface area contributed by atoms with Gasteiger partial charge in [-0.05, 0) is 74.0 Å². The molecule has 0 saturated heterocycles. The van der Waals surface area contributed by atoms with Gasteiger partial charge in [-0.3, -0.25) is 4.79 Å². The number of hydrogen-bond donors (Lipinski definition) is 2. The van der Waals surface area contributed by atoms with Crippen molar-refractivity contribution in [2.75, 3.05) is 0 Å². The summed E-state index contributed by atoms with van der Waals surface area (Å²) < 4.78 is 0. The van der Waals surface area contributed by atoms with Crippen LogP contribution in [0, 0.1) is 34.5 Å². The van der Waals surface area contributed by atoms with Crippen LogP contribution in [0.1, 0.15) is 65.2 Å². The van der Waals surface area contributed by atoms with Gasteiger partial charge in [0.05, 0.1) is 12.2 Å². The molecular weight excluding hydrogens is 276 g/mol. The Labute approximate surface area is 133 Å². The first-order chi connectivity index (χ1) is 10.4. The molecule has 0 aromatic carbocycles. The minimum atomic E-state index is -0.337. The van der Waals surface area contributed by atoms with Crippen molar-refractivity contribution in [3.8, 4) is 0 Å². The van der Waals surface area contributed by atoms with Crippen LogP contribution in [0.3, 0.4) is 0 Å². The van der Waals surface area contributed by atoms with Crippen LogP contribution in [-0.2, 0) is 4.79 Å². The average Bonchev–Trinajstić information content (AvgIpc) is 2.75. The Kier molecular flexibility index (Phi) is 3.30. The molecule has 0 heterocycles. The summed E-state index contributed by atoms with van der Waals surface area (Å²) in [6.07, 6.45) is 7.08. The Bertz CT molecular complexity index is 489. The zero-order valence-electron chi connectivity index (χ0n) is 13.9. The average molecular weight is 306 g/mol. The van der Waals surface area contributed by atoms with E-state index in [4.69, 9.17) is 0 Å². The van der Waals surface area contributed by atoms with Gasteiger partial charge in [0, 0.05) is 11.8 Å². The Balaban J connectivity index is 1.69. The lowest BCUT2D eigenvalue weighted by Gasteiger charge is -2.61. The Morgan fingerprint density at radius 3 is 2.64 bits per heavy atom. The number of aliphatic hydroxyl groups is 2. The number of carbonyl (C=O) groups excluding carboxylic acids is 1. The molecule has 0 unspecified atom stereocenters. The smallest absolute Gasteiger partial charge is 0.139 e. The van der Waals surface area contributed by atoms with Crippen molar-refractivity contribution in [2.45, 2.75) is 77.4 Å². The van der Waals surface area contributed by atoms with Crippen LogP contribution in [0.15, 0.2) is 0 Å². The topological polar surface area (TPSA) is 57.5 Å². The van der Waals surface area contributed by atoms with Crippen LogP contribution < -0.4 is 0 Å². The second-order valence-electron chi connectivity index (χ2n) is 9.16. The van der Waals surface area contributed by atoms with Crippen molar-refractivity contribution in [3.05, 3.63) is 0 Å². The van der Waals surface area contributed by atoms with E-state index in [1.54, 1.807) is 0 Å². The number of hydrogen-bond acceptors (Lipinski definition) is 3. The molecule has 4 rings (SSSR count). The summed E-state index contributed by atoms with van der Waals surface area (Å²) in [5.41, 5.74) is -0.105. The molecular formula is C19H30O3. The van der Waals surface area contributed by atoms with Gasteiger partial charge in [0.1, 0.15) is 5.78 Å². The normalized spacial score (nSPS) is 57.9. The van der Waals surface area contributed by atoms with Crippen LogP contribution in [-0.4, -0.2) is 28.2 Å². The number of ketones is 1. The molecule has 3 heteroatoms. The van der Waals surface area contributed by atoms with E-state index in [2.05, 4.69) is 13.8 Å². The number of aliphatic hydroxyl groups excluding tert-OH is 2. The highest BCUT2D eigenvalue weighted by molar-refractivity contribution is 5.87. The predicted molar refractivity (Wildman–Crippen MR) is 84.1 cm³/mol. The van der Waals surface area contributed by atoms with Crippen LogP contribution in [0.4, 0.5) is 0 Å². The Morgan fingerprint density at radius 1 is 1.09 bits per heavy atom. The van der Waals surface area contributed by atoms with Gasteiger partial charge in [0.15, 0.2) is 0 Å². The van der Waals surface area contributed by atoms with Crippen molar-refractivity contribution in [1.82, 2.24) is 0 Å².